The average molecular weight is 714 g/mol. The minimum Gasteiger partial charge on any atom is -0.455 e. The van der Waals surface area contributed by atoms with Crippen LogP contribution in [0.25, 0.3) is 87.6 Å². The molecule has 0 amide bonds. The van der Waals surface area contributed by atoms with Crippen LogP contribution < -0.4 is 4.90 Å². The summed E-state index contributed by atoms with van der Waals surface area (Å²) in [5.74, 6) is 0. The molecule has 2 nitrogen and oxygen atoms in total. The van der Waals surface area contributed by atoms with Gasteiger partial charge in [-0.2, -0.15) is 0 Å². The molecule has 10 aromatic carbocycles. The number of hydrogen-bond acceptors (Lipinski definition) is 2. The molecule has 0 radical (unpaired) electrons. The number of rotatable bonds is 6. The first-order chi connectivity index (χ1) is 27.8. The van der Waals surface area contributed by atoms with E-state index in [0.717, 1.165) is 66.8 Å². The van der Waals surface area contributed by atoms with Crippen LogP contribution in [0, 0.1) is 0 Å². The molecule has 0 N–H and O–H groups in total. The van der Waals surface area contributed by atoms with Gasteiger partial charge in [-0.25, -0.2) is 0 Å². The van der Waals surface area contributed by atoms with Gasteiger partial charge in [0.15, 0.2) is 0 Å². The molecule has 1 aromatic heterocycles. The third-order valence-corrected chi connectivity index (χ3v) is 11.2. The summed E-state index contributed by atoms with van der Waals surface area (Å²) in [5, 5.41) is 9.37. The van der Waals surface area contributed by atoms with Crippen LogP contribution in [0.4, 0.5) is 17.1 Å². The number of anilines is 3. The Morgan fingerprint density at radius 3 is 1.71 bits per heavy atom. The van der Waals surface area contributed by atoms with Gasteiger partial charge in [0.1, 0.15) is 11.2 Å². The van der Waals surface area contributed by atoms with Crippen LogP contribution in [0.5, 0.6) is 0 Å². The molecule has 2 heteroatoms. The highest BCUT2D eigenvalue weighted by molar-refractivity contribution is 6.21. The molecule has 0 aliphatic rings. The first kappa shape index (κ1) is 32.0. The van der Waals surface area contributed by atoms with E-state index in [1.807, 2.05) is 0 Å². The van der Waals surface area contributed by atoms with Gasteiger partial charge in [-0.05, 0) is 79.5 Å². The van der Waals surface area contributed by atoms with E-state index < -0.39 is 0 Å². The van der Waals surface area contributed by atoms with Crippen molar-refractivity contribution in [2.45, 2.75) is 0 Å². The minimum absolute atomic E-state index is 0.862. The Morgan fingerprint density at radius 1 is 0.304 bits per heavy atom. The fraction of sp³-hybridized carbons (Fsp3) is 0. The van der Waals surface area contributed by atoms with Crippen LogP contribution in [0.2, 0.25) is 0 Å². The van der Waals surface area contributed by atoms with E-state index in [-0.39, 0.29) is 0 Å². The lowest BCUT2D eigenvalue weighted by Gasteiger charge is -2.31. The molecular weight excluding hydrogens is 679 g/mol. The third kappa shape index (κ3) is 5.19. The molecule has 0 saturated heterocycles. The molecular formula is C54H35NO. The van der Waals surface area contributed by atoms with Crippen molar-refractivity contribution in [3.63, 3.8) is 0 Å². The van der Waals surface area contributed by atoms with Gasteiger partial charge in [0.05, 0.1) is 22.4 Å². The SMILES string of the molecule is c1ccc(-c2ccc(-c3ccccc3)c(N(c3cccc4ccc5ccccc5c34)c3ccc(-c4cccc5ccccc45)c4oc5ccccc5c34)c2)cc1. The molecule has 1 heterocycles. The topological polar surface area (TPSA) is 16.4 Å². The van der Waals surface area contributed by atoms with E-state index in [1.165, 1.54) is 37.9 Å². The Labute approximate surface area is 325 Å². The lowest BCUT2D eigenvalue weighted by Crippen LogP contribution is -2.13. The van der Waals surface area contributed by atoms with Crippen molar-refractivity contribution in [2.24, 2.45) is 0 Å². The van der Waals surface area contributed by atoms with E-state index in [2.05, 4.69) is 217 Å². The van der Waals surface area contributed by atoms with Gasteiger partial charge >= 0.3 is 0 Å². The zero-order chi connectivity index (χ0) is 37.0. The van der Waals surface area contributed by atoms with Crippen molar-refractivity contribution in [2.75, 3.05) is 4.90 Å². The summed E-state index contributed by atoms with van der Waals surface area (Å²) < 4.78 is 6.99. The lowest BCUT2D eigenvalue weighted by atomic mass is 9.93. The zero-order valence-corrected chi connectivity index (χ0v) is 30.6. The van der Waals surface area contributed by atoms with Gasteiger partial charge in [-0.15, -0.1) is 0 Å². The van der Waals surface area contributed by atoms with Crippen LogP contribution in [-0.4, -0.2) is 0 Å². The average Bonchev–Trinajstić information content (AvgIpc) is 3.67. The van der Waals surface area contributed by atoms with Gasteiger partial charge < -0.3 is 9.32 Å². The van der Waals surface area contributed by atoms with Crippen LogP contribution in [0.15, 0.2) is 217 Å². The Morgan fingerprint density at radius 2 is 0.893 bits per heavy atom. The maximum Gasteiger partial charge on any atom is 0.145 e. The monoisotopic (exact) mass is 713 g/mol. The fourth-order valence-corrected chi connectivity index (χ4v) is 8.67. The minimum atomic E-state index is 0.862. The van der Waals surface area contributed by atoms with Crippen molar-refractivity contribution in [3.05, 3.63) is 212 Å². The highest BCUT2D eigenvalue weighted by atomic mass is 16.3. The molecule has 0 spiro atoms. The number of hydrogen-bond donors (Lipinski definition) is 0. The Hall–Kier alpha value is -7.42. The van der Waals surface area contributed by atoms with Gasteiger partial charge in [0.25, 0.3) is 0 Å². The highest BCUT2D eigenvalue weighted by Gasteiger charge is 2.26. The predicted octanol–water partition coefficient (Wildman–Crippen LogP) is 15.5. The van der Waals surface area contributed by atoms with Crippen LogP contribution in [-0.2, 0) is 0 Å². The molecule has 0 aliphatic heterocycles. The third-order valence-electron chi connectivity index (χ3n) is 11.2. The Bertz CT molecular complexity index is 3250. The predicted molar refractivity (Wildman–Crippen MR) is 237 cm³/mol. The number of benzene rings is 10. The zero-order valence-electron chi connectivity index (χ0n) is 30.6. The van der Waals surface area contributed by atoms with Crippen molar-refractivity contribution >= 4 is 71.3 Å². The second-order valence-corrected chi connectivity index (χ2v) is 14.4. The smallest absolute Gasteiger partial charge is 0.145 e. The van der Waals surface area contributed by atoms with Crippen LogP contribution in [0.1, 0.15) is 0 Å². The molecule has 0 bridgehead atoms. The molecule has 0 aliphatic carbocycles. The molecule has 56 heavy (non-hydrogen) atoms. The summed E-state index contributed by atoms with van der Waals surface area (Å²) in [6, 6.07) is 76.5. The van der Waals surface area contributed by atoms with Crippen molar-refractivity contribution in [1.82, 2.24) is 0 Å². The molecule has 0 saturated carbocycles. The quantitative estimate of drug-likeness (QED) is 0.160. The van der Waals surface area contributed by atoms with E-state index >= 15 is 0 Å². The molecule has 262 valence electrons. The normalized spacial score (nSPS) is 11.6. The Kier molecular flexibility index (Phi) is 7.53. The van der Waals surface area contributed by atoms with Crippen molar-refractivity contribution in [3.8, 4) is 33.4 Å². The summed E-state index contributed by atoms with van der Waals surface area (Å²) in [6.45, 7) is 0. The maximum absolute atomic E-state index is 6.99. The van der Waals surface area contributed by atoms with E-state index in [4.69, 9.17) is 4.42 Å². The summed E-state index contributed by atoms with van der Waals surface area (Å²) >= 11 is 0. The molecule has 0 fully saturated rings. The van der Waals surface area contributed by atoms with Crippen molar-refractivity contribution in [1.29, 1.82) is 0 Å². The standard InChI is InChI=1S/C54H35NO/c1-3-15-36(16-4-1)41-31-32-43(38-17-5-2-6-18-38)50(35-41)55(48-27-14-22-40-30-29-39-20-8-10-24-44(39)52(40)48)49-34-33-46(45-26-13-21-37-19-7-9-23-42(37)45)54-53(49)47-25-11-12-28-51(47)56-54/h1-35H. The number of nitrogens with zero attached hydrogens (tertiary/aromatic N) is 1. The molecule has 0 unspecified atom stereocenters. The largest absolute Gasteiger partial charge is 0.455 e. The maximum atomic E-state index is 6.99. The molecule has 11 rings (SSSR count). The first-order valence-electron chi connectivity index (χ1n) is 19.2. The second-order valence-electron chi connectivity index (χ2n) is 14.4. The van der Waals surface area contributed by atoms with Gasteiger partial charge in [-0.1, -0.05) is 182 Å². The number of furan rings is 1. The first-order valence-corrected chi connectivity index (χ1v) is 19.2. The van der Waals surface area contributed by atoms with Gasteiger partial charge in [0, 0.05) is 21.9 Å². The van der Waals surface area contributed by atoms with Gasteiger partial charge in [-0.3, -0.25) is 0 Å². The lowest BCUT2D eigenvalue weighted by molar-refractivity contribution is 0.670. The Balaban J connectivity index is 1.30. The summed E-state index contributed by atoms with van der Waals surface area (Å²) in [4.78, 5) is 2.50. The van der Waals surface area contributed by atoms with E-state index in [1.54, 1.807) is 0 Å². The van der Waals surface area contributed by atoms with Gasteiger partial charge in [0.2, 0.25) is 0 Å². The number of fused-ring (bicyclic) bond motifs is 7. The summed E-state index contributed by atoms with van der Waals surface area (Å²) in [7, 11) is 0. The fourth-order valence-electron chi connectivity index (χ4n) is 8.67. The summed E-state index contributed by atoms with van der Waals surface area (Å²) in [6.07, 6.45) is 0. The number of para-hydroxylation sites is 1. The summed E-state index contributed by atoms with van der Waals surface area (Å²) in [5.41, 5.74) is 11.8. The second kappa shape index (κ2) is 13.2. The van der Waals surface area contributed by atoms with E-state index in [0.29, 0.717) is 0 Å². The van der Waals surface area contributed by atoms with Crippen LogP contribution in [0.3, 0.4) is 0 Å². The molecule has 11 aromatic rings. The molecule has 0 atom stereocenters. The van der Waals surface area contributed by atoms with Crippen molar-refractivity contribution < 1.29 is 4.42 Å². The van der Waals surface area contributed by atoms with E-state index in [9.17, 15) is 0 Å². The van der Waals surface area contributed by atoms with Crippen LogP contribution >= 0.6 is 0 Å². The highest BCUT2D eigenvalue weighted by Crippen LogP contribution is 2.51.